The number of anilines is 1. The maximum atomic E-state index is 12.4. The number of benzene rings is 2. The van der Waals surface area contributed by atoms with E-state index in [-0.39, 0.29) is 5.57 Å². The third-order valence-electron chi connectivity index (χ3n) is 4.27. The molecule has 0 saturated heterocycles. The van der Waals surface area contributed by atoms with Gasteiger partial charge in [-0.1, -0.05) is 41.9 Å². The molecule has 1 N–H and O–H groups in total. The van der Waals surface area contributed by atoms with Gasteiger partial charge in [-0.15, -0.1) is 0 Å². The lowest BCUT2D eigenvalue weighted by atomic mass is 10.0. The summed E-state index contributed by atoms with van der Waals surface area (Å²) in [5.74, 6) is -0.429. The van der Waals surface area contributed by atoms with Gasteiger partial charge < -0.3 is 10.2 Å². The number of fused-ring (bicyclic) bond motifs is 1. The highest BCUT2D eigenvalue weighted by molar-refractivity contribution is 6.31. The molecule has 0 unspecified atom stereocenters. The Morgan fingerprint density at radius 2 is 2.04 bits per heavy atom. The first-order chi connectivity index (χ1) is 12.1. The summed E-state index contributed by atoms with van der Waals surface area (Å²) < 4.78 is 0. The Kier molecular flexibility index (Phi) is 5.06. The zero-order valence-corrected chi connectivity index (χ0v) is 14.7. The van der Waals surface area contributed by atoms with E-state index in [9.17, 15) is 10.1 Å². The van der Waals surface area contributed by atoms with Crippen molar-refractivity contribution in [2.24, 2.45) is 0 Å². The Bertz CT molecular complexity index is 883. The largest absolute Gasteiger partial charge is 0.371 e. The highest BCUT2D eigenvalue weighted by Gasteiger charge is 2.16. The van der Waals surface area contributed by atoms with Gasteiger partial charge in [-0.2, -0.15) is 5.26 Å². The zero-order chi connectivity index (χ0) is 17.8. The molecule has 4 nitrogen and oxygen atoms in total. The molecule has 0 saturated carbocycles. The molecule has 1 aliphatic rings. The molecule has 126 valence electrons. The minimum Gasteiger partial charge on any atom is -0.371 e. The van der Waals surface area contributed by atoms with Crippen LogP contribution in [0.15, 0.2) is 54.2 Å². The van der Waals surface area contributed by atoms with Crippen LogP contribution in [0.2, 0.25) is 5.02 Å². The number of carbonyl (C=O) groups excluding carboxylic acids is 1. The number of nitriles is 1. The Labute approximate surface area is 152 Å². The van der Waals surface area contributed by atoms with E-state index in [4.69, 9.17) is 11.6 Å². The summed E-state index contributed by atoms with van der Waals surface area (Å²) in [6.07, 6.45) is 2.54. The summed E-state index contributed by atoms with van der Waals surface area (Å²) in [5.41, 5.74) is 4.14. The van der Waals surface area contributed by atoms with Gasteiger partial charge in [0.1, 0.15) is 11.6 Å². The minimum atomic E-state index is -0.429. The van der Waals surface area contributed by atoms with Crippen molar-refractivity contribution in [3.63, 3.8) is 0 Å². The van der Waals surface area contributed by atoms with Crippen molar-refractivity contribution in [1.82, 2.24) is 4.90 Å². The van der Waals surface area contributed by atoms with Crippen molar-refractivity contribution in [2.75, 3.05) is 11.9 Å². The number of hydrogen-bond donors (Lipinski definition) is 1. The van der Waals surface area contributed by atoms with Gasteiger partial charge in [-0.3, -0.25) is 4.79 Å². The average Bonchev–Trinajstić information content (AvgIpc) is 2.62. The standard InChI is InChI=1S/C20H18ClN3O/c1-14-6-7-18(10-19(14)21)23-20(25)17(11-22)13-24-9-8-15-4-2-3-5-16(15)12-24/h2-7,10,13H,8-9,12H2,1H3,(H,23,25)/b17-13-. The van der Waals surface area contributed by atoms with Crippen LogP contribution < -0.4 is 5.32 Å². The van der Waals surface area contributed by atoms with Gasteiger partial charge in [0.05, 0.1) is 0 Å². The molecule has 0 bridgehead atoms. The maximum Gasteiger partial charge on any atom is 0.267 e. The van der Waals surface area contributed by atoms with Gasteiger partial charge in [0, 0.05) is 30.0 Å². The van der Waals surface area contributed by atoms with Crippen LogP contribution in [0.1, 0.15) is 16.7 Å². The van der Waals surface area contributed by atoms with Crippen LogP contribution >= 0.6 is 11.6 Å². The number of amides is 1. The Morgan fingerprint density at radius 3 is 2.76 bits per heavy atom. The van der Waals surface area contributed by atoms with Crippen molar-refractivity contribution >= 4 is 23.2 Å². The second kappa shape index (κ2) is 7.42. The van der Waals surface area contributed by atoms with Crippen molar-refractivity contribution < 1.29 is 4.79 Å². The Balaban J connectivity index is 1.73. The molecular formula is C20H18ClN3O. The van der Waals surface area contributed by atoms with Crippen LogP contribution in [-0.2, 0) is 17.8 Å². The van der Waals surface area contributed by atoms with E-state index in [1.54, 1.807) is 18.3 Å². The van der Waals surface area contributed by atoms with E-state index < -0.39 is 5.91 Å². The van der Waals surface area contributed by atoms with E-state index in [1.807, 2.05) is 36.1 Å². The molecule has 1 amide bonds. The molecule has 25 heavy (non-hydrogen) atoms. The number of nitrogens with zero attached hydrogens (tertiary/aromatic N) is 2. The third kappa shape index (κ3) is 4.01. The average molecular weight is 352 g/mol. The minimum absolute atomic E-state index is 0.0797. The van der Waals surface area contributed by atoms with Crippen LogP contribution in [0.5, 0.6) is 0 Å². The molecule has 0 aliphatic carbocycles. The molecule has 5 heteroatoms. The molecule has 1 aliphatic heterocycles. The first kappa shape index (κ1) is 17.1. The number of hydrogen-bond acceptors (Lipinski definition) is 3. The summed E-state index contributed by atoms with van der Waals surface area (Å²) in [6, 6.07) is 15.5. The van der Waals surface area contributed by atoms with Gasteiger partial charge in [0.25, 0.3) is 5.91 Å². The lowest BCUT2D eigenvalue weighted by molar-refractivity contribution is -0.112. The third-order valence-corrected chi connectivity index (χ3v) is 4.67. The first-order valence-corrected chi connectivity index (χ1v) is 8.45. The number of nitrogens with one attached hydrogen (secondary N) is 1. The quantitative estimate of drug-likeness (QED) is 0.670. The maximum absolute atomic E-state index is 12.4. The lowest BCUT2D eigenvalue weighted by Crippen LogP contribution is -2.27. The molecule has 2 aromatic rings. The number of halogens is 1. The summed E-state index contributed by atoms with van der Waals surface area (Å²) in [4.78, 5) is 14.4. The van der Waals surface area contributed by atoms with E-state index in [1.165, 1.54) is 11.1 Å². The Hall–Kier alpha value is -2.77. The topological polar surface area (TPSA) is 56.1 Å². The van der Waals surface area contributed by atoms with Crippen LogP contribution in [0.25, 0.3) is 0 Å². The van der Waals surface area contributed by atoms with E-state index >= 15 is 0 Å². The molecule has 0 aromatic heterocycles. The lowest BCUT2D eigenvalue weighted by Gasteiger charge is -2.27. The fourth-order valence-corrected chi connectivity index (χ4v) is 3.00. The van der Waals surface area contributed by atoms with E-state index in [2.05, 4.69) is 17.4 Å². The van der Waals surface area contributed by atoms with Gasteiger partial charge in [-0.25, -0.2) is 0 Å². The van der Waals surface area contributed by atoms with Crippen LogP contribution in [0.4, 0.5) is 5.69 Å². The van der Waals surface area contributed by atoms with Crippen molar-refractivity contribution in [2.45, 2.75) is 19.9 Å². The number of carbonyl (C=O) groups is 1. The summed E-state index contributed by atoms with van der Waals surface area (Å²) >= 11 is 6.08. The van der Waals surface area contributed by atoms with E-state index in [0.717, 1.165) is 18.5 Å². The summed E-state index contributed by atoms with van der Waals surface area (Å²) in [7, 11) is 0. The molecule has 0 radical (unpaired) electrons. The van der Waals surface area contributed by atoms with Crippen molar-refractivity contribution in [3.05, 3.63) is 76.0 Å². The SMILES string of the molecule is Cc1ccc(NC(=O)/C(C#N)=C\N2CCc3ccccc3C2)cc1Cl. The second-order valence-electron chi connectivity index (χ2n) is 6.06. The molecule has 2 aromatic carbocycles. The van der Waals surface area contributed by atoms with Crippen LogP contribution in [0.3, 0.4) is 0 Å². The van der Waals surface area contributed by atoms with Gasteiger partial charge in [-0.05, 0) is 42.2 Å². The molecule has 3 rings (SSSR count). The molecule has 1 heterocycles. The fourth-order valence-electron chi connectivity index (χ4n) is 2.82. The molecular weight excluding hydrogens is 334 g/mol. The highest BCUT2D eigenvalue weighted by Crippen LogP contribution is 2.21. The van der Waals surface area contributed by atoms with Crippen LogP contribution in [0, 0.1) is 18.3 Å². The fraction of sp³-hybridized carbons (Fsp3) is 0.200. The predicted octanol–water partition coefficient (Wildman–Crippen LogP) is 4.05. The predicted molar refractivity (Wildman–Crippen MR) is 99.1 cm³/mol. The van der Waals surface area contributed by atoms with Crippen molar-refractivity contribution in [1.29, 1.82) is 5.26 Å². The van der Waals surface area contributed by atoms with Crippen LogP contribution in [-0.4, -0.2) is 17.4 Å². The van der Waals surface area contributed by atoms with Gasteiger partial charge in [0.15, 0.2) is 0 Å². The highest BCUT2D eigenvalue weighted by atomic mass is 35.5. The zero-order valence-electron chi connectivity index (χ0n) is 13.9. The van der Waals surface area contributed by atoms with E-state index in [0.29, 0.717) is 17.3 Å². The smallest absolute Gasteiger partial charge is 0.267 e. The molecule has 0 fully saturated rings. The molecule has 0 spiro atoms. The first-order valence-electron chi connectivity index (χ1n) is 8.07. The number of aryl methyl sites for hydroxylation is 1. The monoisotopic (exact) mass is 351 g/mol. The summed E-state index contributed by atoms with van der Waals surface area (Å²) in [5, 5.41) is 12.7. The van der Waals surface area contributed by atoms with Gasteiger partial charge in [0.2, 0.25) is 0 Å². The second-order valence-corrected chi connectivity index (χ2v) is 6.47. The Morgan fingerprint density at radius 1 is 1.28 bits per heavy atom. The normalized spacial score (nSPS) is 13.8. The van der Waals surface area contributed by atoms with Crippen molar-refractivity contribution in [3.8, 4) is 6.07 Å². The number of rotatable bonds is 3. The summed E-state index contributed by atoms with van der Waals surface area (Å²) in [6.45, 7) is 3.37. The molecule has 0 atom stereocenters. The van der Waals surface area contributed by atoms with Gasteiger partial charge >= 0.3 is 0 Å².